The number of ether oxygens (including phenoxy) is 1. The number of hydrogen-bond donors (Lipinski definition) is 3. The number of halogens is 1. The van der Waals surface area contributed by atoms with Crippen LogP contribution in [0.4, 0.5) is 4.39 Å². The van der Waals surface area contributed by atoms with Crippen molar-refractivity contribution in [2.24, 2.45) is 0 Å². The van der Waals surface area contributed by atoms with E-state index in [0.717, 1.165) is 16.7 Å². The standard InChI is InChI=1S/C24H19FN2O4/c1-31-22-9-2-14(10-21(22)28)12-26-13-20-19-11-16(15-3-6-17(25)7-4-15)5-8-18(19)23(29)27-24(20)30/h2-11,13,26,28H,12H2,1H3,(H,27,29,30). The number of carbonyl (C=O) groups is 2. The Morgan fingerprint density at radius 2 is 1.71 bits per heavy atom. The summed E-state index contributed by atoms with van der Waals surface area (Å²) in [5, 5.41) is 15.3. The van der Waals surface area contributed by atoms with Gasteiger partial charge in [0.25, 0.3) is 11.8 Å². The van der Waals surface area contributed by atoms with Crippen LogP contribution in [0.1, 0.15) is 21.5 Å². The highest BCUT2D eigenvalue weighted by atomic mass is 19.1. The maximum absolute atomic E-state index is 13.2. The van der Waals surface area contributed by atoms with Gasteiger partial charge in [0.15, 0.2) is 11.5 Å². The first kappa shape index (κ1) is 20.2. The quantitative estimate of drug-likeness (QED) is 0.435. The Labute approximate surface area is 178 Å². The van der Waals surface area contributed by atoms with Gasteiger partial charge in [-0.1, -0.05) is 24.3 Å². The molecule has 0 aromatic heterocycles. The molecule has 0 saturated heterocycles. The SMILES string of the molecule is COc1ccc(CNC=C2C(=O)NC(=O)c3ccc(-c4ccc(F)cc4)cc32)cc1O. The van der Waals surface area contributed by atoms with Gasteiger partial charge in [0.1, 0.15) is 5.82 Å². The van der Waals surface area contributed by atoms with Crippen molar-refractivity contribution in [1.82, 2.24) is 10.6 Å². The van der Waals surface area contributed by atoms with Crippen LogP contribution in [0, 0.1) is 5.82 Å². The van der Waals surface area contributed by atoms with Crippen molar-refractivity contribution in [3.05, 3.63) is 89.4 Å². The van der Waals surface area contributed by atoms with Crippen molar-refractivity contribution in [2.45, 2.75) is 6.54 Å². The normalized spacial score (nSPS) is 14.2. The molecule has 0 radical (unpaired) electrons. The van der Waals surface area contributed by atoms with E-state index in [1.165, 1.54) is 25.4 Å². The van der Waals surface area contributed by atoms with E-state index in [2.05, 4.69) is 10.6 Å². The molecule has 0 fully saturated rings. The maximum atomic E-state index is 13.2. The molecule has 3 aromatic rings. The Balaban J connectivity index is 1.63. The molecule has 7 heteroatoms. The highest BCUT2D eigenvalue weighted by Crippen LogP contribution is 2.30. The third kappa shape index (κ3) is 4.11. The minimum atomic E-state index is -0.515. The number of hydrogen-bond acceptors (Lipinski definition) is 5. The fraction of sp³-hybridized carbons (Fsp3) is 0.0833. The molecule has 1 aliphatic rings. The monoisotopic (exact) mass is 418 g/mol. The van der Waals surface area contributed by atoms with E-state index < -0.39 is 11.8 Å². The lowest BCUT2D eigenvalue weighted by Crippen LogP contribution is -2.37. The summed E-state index contributed by atoms with van der Waals surface area (Å²) < 4.78 is 18.3. The Kier molecular flexibility index (Phi) is 5.41. The van der Waals surface area contributed by atoms with Crippen LogP contribution in [0.2, 0.25) is 0 Å². The van der Waals surface area contributed by atoms with E-state index in [0.29, 0.717) is 29.0 Å². The molecule has 0 unspecified atom stereocenters. The van der Waals surface area contributed by atoms with Gasteiger partial charge in [-0.15, -0.1) is 0 Å². The largest absolute Gasteiger partial charge is 0.504 e. The van der Waals surface area contributed by atoms with E-state index >= 15 is 0 Å². The molecule has 6 nitrogen and oxygen atoms in total. The number of phenols is 1. The zero-order valence-electron chi connectivity index (χ0n) is 16.6. The first-order valence-electron chi connectivity index (χ1n) is 9.52. The van der Waals surface area contributed by atoms with Crippen LogP contribution >= 0.6 is 0 Å². The van der Waals surface area contributed by atoms with Crippen LogP contribution in [0.5, 0.6) is 11.5 Å². The number of phenolic OH excluding ortho intramolecular Hbond substituents is 1. The average molecular weight is 418 g/mol. The topological polar surface area (TPSA) is 87.7 Å². The van der Waals surface area contributed by atoms with Gasteiger partial charge < -0.3 is 15.2 Å². The summed E-state index contributed by atoms with van der Waals surface area (Å²) in [5.41, 5.74) is 3.47. The average Bonchev–Trinajstić information content (AvgIpc) is 2.76. The summed E-state index contributed by atoms with van der Waals surface area (Å²) in [6.07, 6.45) is 1.54. The second-order valence-electron chi connectivity index (χ2n) is 7.00. The molecule has 1 aliphatic heterocycles. The Morgan fingerprint density at radius 3 is 2.42 bits per heavy atom. The van der Waals surface area contributed by atoms with Crippen LogP contribution in [-0.4, -0.2) is 24.0 Å². The third-order valence-corrected chi connectivity index (χ3v) is 5.00. The lowest BCUT2D eigenvalue weighted by Gasteiger charge is -2.19. The minimum Gasteiger partial charge on any atom is -0.504 e. The molecule has 0 saturated carbocycles. The van der Waals surface area contributed by atoms with E-state index in [-0.39, 0.29) is 11.6 Å². The summed E-state index contributed by atoms with van der Waals surface area (Å²) in [4.78, 5) is 24.8. The Morgan fingerprint density at radius 1 is 0.968 bits per heavy atom. The number of amides is 2. The number of methoxy groups -OCH3 is 1. The Bertz CT molecular complexity index is 1200. The molecule has 156 valence electrons. The second kappa shape index (κ2) is 8.31. The van der Waals surface area contributed by atoms with Crippen molar-refractivity contribution in [3.8, 4) is 22.6 Å². The first-order chi connectivity index (χ1) is 15.0. The molecule has 3 aromatic carbocycles. The zero-order chi connectivity index (χ0) is 22.0. The van der Waals surface area contributed by atoms with Gasteiger partial charge in [-0.05, 0) is 53.1 Å². The fourth-order valence-corrected chi connectivity index (χ4v) is 3.41. The minimum absolute atomic E-state index is 0.0183. The van der Waals surface area contributed by atoms with Crippen LogP contribution in [0.25, 0.3) is 16.7 Å². The Hall–Kier alpha value is -4.13. The summed E-state index contributed by atoms with van der Waals surface area (Å²) in [7, 11) is 1.47. The van der Waals surface area contributed by atoms with Crippen molar-refractivity contribution in [2.75, 3.05) is 7.11 Å². The van der Waals surface area contributed by atoms with Gasteiger partial charge in [-0.2, -0.15) is 0 Å². The molecule has 1 heterocycles. The molecule has 0 bridgehead atoms. The van der Waals surface area contributed by atoms with Crippen LogP contribution < -0.4 is 15.4 Å². The number of fused-ring (bicyclic) bond motifs is 1. The van der Waals surface area contributed by atoms with Crippen LogP contribution in [-0.2, 0) is 11.3 Å². The zero-order valence-corrected chi connectivity index (χ0v) is 16.6. The first-order valence-corrected chi connectivity index (χ1v) is 9.52. The lowest BCUT2D eigenvalue weighted by molar-refractivity contribution is -0.114. The molecular weight excluding hydrogens is 399 g/mol. The fourth-order valence-electron chi connectivity index (χ4n) is 3.41. The number of benzene rings is 3. The molecule has 0 spiro atoms. The highest BCUT2D eigenvalue weighted by Gasteiger charge is 2.27. The van der Waals surface area contributed by atoms with E-state index in [9.17, 15) is 19.1 Å². The second-order valence-corrected chi connectivity index (χ2v) is 7.00. The lowest BCUT2D eigenvalue weighted by atomic mass is 9.91. The molecule has 0 atom stereocenters. The van der Waals surface area contributed by atoms with Crippen molar-refractivity contribution in [1.29, 1.82) is 0 Å². The van der Waals surface area contributed by atoms with E-state index in [1.54, 1.807) is 48.5 Å². The van der Waals surface area contributed by atoms with Crippen LogP contribution in [0.15, 0.2) is 66.9 Å². The predicted octanol–water partition coefficient (Wildman–Crippen LogP) is 3.61. The molecule has 3 N–H and O–H groups in total. The van der Waals surface area contributed by atoms with Gasteiger partial charge >= 0.3 is 0 Å². The van der Waals surface area contributed by atoms with Crippen LogP contribution in [0.3, 0.4) is 0 Å². The highest BCUT2D eigenvalue weighted by molar-refractivity contribution is 6.31. The van der Waals surface area contributed by atoms with Crippen molar-refractivity contribution in [3.63, 3.8) is 0 Å². The number of rotatable bonds is 5. The molecule has 4 rings (SSSR count). The molecular formula is C24H19FN2O4. The van der Waals surface area contributed by atoms with Crippen molar-refractivity contribution < 1.29 is 23.8 Å². The summed E-state index contributed by atoms with van der Waals surface area (Å²) in [5.74, 6) is -0.938. The molecule has 2 amide bonds. The van der Waals surface area contributed by atoms with Gasteiger partial charge in [0, 0.05) is 23.9 Å². The van der Waals surface area contributed by atoms with Gasteiger partial charge in [-0.3, -0.25) is 14.9 Å². The summed E-state index contributed by atoms with van der Waals surface area (Å²) in [6, 6.07) is 16.1. The van der Waals surface area contributed by atoms with E-state index in [4.69, 9.17) is 4.74 Å². The number of carbonyl (C=O) groups excluding carboxylic acids is 2. The van der Waals surface area contributed by atoms with Gasteiger partial charge in [0.2, 0.25) is 0 Å². The number of aromatic hydroxyl groups is 1. The van der Waals surface area contributed by atoms with Gasteiger partial charge in [-0.25, -0.2) is 4.39 Å². The maximum Gasteiger partial charge on any atom is 0.260 e. The molecule has 31 heavy (non-hydrogen) atoms. The summed E-state index contributed by atoms with van der Waals surface area (Å²) in [6.45, 7) is 0.343. The summed E-state index contributed by atoms with van der Waals surface area (Å²) >= 11 is 0. The van der Waals surface area contributed by atoms with E-state index in [1.807, 2.05) is 0 Å². The van der Waals surface area contributed by atoms with Gasteiger partial charge in [0.05, 0.1) is 12.7 Å². The molecule has 0 aliphatic carbocycles. The third-order valence-electron chi connectivity index (χ3n) is 5.00. The number of nitrogens with one attached hydrogen (secondary N) is 2. The van der Waals surface area contributed by atoms with Crippen molar-refractivity contribution >= 4 is 17.4 Å². The predicted molar refractivity (Wildman–Crippen MR) is 114 cm³/mol. The smallest absolute Gasteiger partial charge is 0.260 e. The number of imide groups is 1.